The minimum atomic E-state index is -3.57. The number of hydrogen-bond acceptors (Lipinski definition) is 5. The predicted octanol–water partition coefficient (Wildman–Crippen LogP) is 2.22. The van der Waals surface area contributed by atoms with E-state index in [0.717, 1.165) is 17.4 Å². The van der Waals surface area contributed by atoms with E-state index in [1.165, 1.54) is 4.31 Å². The third kappa shape index (κ3) is 4.44. The Morgan fingerprint density at radius 2 is 2.07 bits per heavy atom. The van der Waals surface area contributed by atoms with Gasteiger partial charge in [0.25, 0.3) is 5.91 Å². The molecule has 1 atom stereocenters. The monoisotopic (exact) mass is 403 g/mol. The molecule has 1 unspecified atom stereocenters. The summed E-state index contributed by atoms with van der Waals surface area (Å²) in [4.78, 5) is 16.6. The van der Waals surface area contributed by atoms with Crippen molar-refractivity contribution in [2.45, 2.75) is 38.8 Å². The van der Waals surface area contributed by atoms with Gasteiger partial charge in [0.05, 0.1) is 18.5 Å². The average Bonchev–Trinajstić information content (AvgIpc) is 2.64. The van der Waals surface area contributed by atoms with E-state index < -0.39 is 16.1 Å². The number of benzene rings is 1. The molecule has 3 rings (SSSR count). The lowest BCUT2D eigenvalue weighted by Crippen LogP contribution is -2.50. The fourth-order valence-electron chi connectivity index (χ4n) is 2.97. The molecule has 1 amide bonds. The lowest BCUT2D eigenvalue weighted by molar-refractivity contribution is -0.127. The van der Waals surface area contributed by atoms with Gasteiger partial charge in [-0.2, -0.15) is 0 Å². The van der Waals surface area contributed by atoms with Crippen LogP contribution in [0.3, 0.4) is 0 Å². The Balaban J connectivity index is 1.85. The third-order valence-electron chi connectivity index (χ3n) is 4.58. The number of anilines is 1. The van der Waals surface area contributed by atoms with Gasteiger partial charge in [-0.05, 0) is 34.7 Å². The van der Waals surface area contributed by atoms with Crippen LogP contribution in [-0.2, 0) is 26.8 Å². The largest absolute Gasteiger partial charge is 0.476 e. The molecule has 1 aromatic carbocycles. The minimum absolute atomic E-state index is 0.0711. The van der Waals surface area contributed by atoms with Crippen LogP contribution in [0.15, 0.2) is 42.7 Å². The van der Waals surface area contributed by atoms with Crippen LogP contribution in [0.2, 0.25) is 0 Å². The molecule has 8 heteroatoms. The highest BCUT2D eigenvalue weighted by Crippen LogP contribution is 2.38. The molecular weight excluding hydrogens is 378 g/mol. The first-order valence-corrected chi connectivity index (χ1v) is 10.9. The van der Waals surface area contributed by atoms with Crippen LogP contribution in [-0.4, -0.2) is 38.2 Å². The molecule has 0 fully saturated rings. The van der Waals surface area contributed by atoms with E-state index in [-0.39, 0.29) is 17.9 Å². The molecule has 0 radical (unpaired) electrons. The number of carbonyl (C=O) groups excluding carboxylic acids is 1. The first-order chi connectivity index (χ1) is 13.1. The Morgan fingerprint density at radius 1 is 1.32 bits per heavy atom. The summed E-state index contributed by atoms with van der Waals surface area (Å²) in [6.45, 7) is 6.38. The standard InChI is InChI=1S/C20H25N3O4S/c1-20(2,3)15-7-8-17-16(10-15)23(28(4,25)26)13-18(27-17)19(24)22-12-14-6-5-9-21-11-14/h5-11,18H,12-13H2,1-4H3,(H,22,24). The van der Waals surface area contributed by atoms with Crippen molar-refractivity contribution in [2.75, 3.05) is 17.1 Å². The van der Waals surface area contributed by atoms with Gasteiger partial charge < -0.3 is 10.1 Å². The van der Waals surface area contributed by atoms with Crippen LogP contribution >= 0.6 is 0 Å². The van der Waals surface area contributed by atoms with Gasteiger partial charge in [-0.1, -0.05) is 32.9 Å². The van der Waals surface area contributed by atoms with E-state index in [2.05, 4.69) is 31.1 Å². The number of nitrogens with zero attached hydrogens (tertiary/aromatic N) is 2. The van der Waals surface area contributed by atoms with E-state index in [1.807, 2.05) is 18.2 Å². The fourth-order valence-corrected chi connectivity index (χ4v) is 3.88. The van der Waals surface area contributed by atoms with Gasteiger partial charge in [0.15, 0.2) is 6.10 Å². The zero-order chi connectivity index (χ0) is 20.5. The van der Waals surface area contributed by atoms with Crippen molar-refractivity contribution in [3.63, 3.8) is 0 Å². The summed E-state index contributed by atoms with van der Waals surface area (Å²) in [6.07, 6.45) is 3.52. The van der Waals surface area contributed by atoms with Gasteiger partial charge in [-0.15, -0.1) is 0 Å². The third-order valence-corrected chi connectivity index (χ3v) is 5.72. The van der Waals surface area contributed by atoms with Crippen molar-refractivity contribution in [3.8, 4) is 5.75 Å². The first-order valence-electron chi connectivity index (χ1n) is 9.01. The van der Waals surface area contributed by atoms with E-state index in [0.29, 0.717) is 18.0 Å². The molecule has 0 saturated heterocycles. The van der Waals surface area contributed by atoms with E-state index >= 15 is 0 Å². The molecular formula is C20H25N3O4S. The molecule has 0 aliphatic carbocycles. The molecule has 0 bridgehead atoms. The maximum absolute atomic E-state index is 12.6. The summed E-state index contributed by atoms with van der Waals surface area (Å²) in [5.41, 5.74) is 2.16. The molecule has 28 heavy (non-hydrogen) atoms. The van der Waals surface area contributed by atoms with Crippen LogP contribution < -0.4 is 14.4 Å². The van der Waals surface area contributed by atoms with Gasteiger partial charge in [-0.25, -0.2) is 8.42 Å². The van der Waals surface area contributed by atoms with Crippen molar-refractivity contribution in [2.24, 2.45) is 0 Å². The van der Waals surface area contributed by atoms with Crippen LogP contribution in [0.1, 0.15) is 31.9 Å². The van der Waals surface area contributed by atoms with Gasteiger partial charge in [-0.3, -0.25) is 14.1 Å². The highest BCUT2D eigenvalue weighted by molar-refractivity contribution is 7.92. The zero-order valence-corrected chi connectivity index (χ0v) is 17.3. The lowest BCUT2D eigenvalue weighted by Gasteiger charge is -2.35. The van der Waals surface area contributed by atoms with Crippen molar-refractivity contribution >= 4 is 21.6 Å². The lowest BCUT2D eigenvalue weighted by atomic mass is 9.86. The molecule has 2 heterocycles. The normalized spacial score (nSPS) is 16.9. The summed E-state index contributed by atoms with van der Waals surface area (Å²) in [5, 5.41) is 2.78. The van der Waals surface area contributed by atoms with Crippen molar-refractivity contribution in [1.82, 2.24) is 10.3 Å². The summed E-state index contributed by atoms with van der Waals surface area (Å²) in [5.74, 6) is 0.00857. The summed E-state index contributed by atoms with van der Waals surface area (Å²) < 4.78 is 31.9. The summed E-state index contributed by atoms with van der Waals surface area (Å²) in [7, 11) is -3.57. The van der Waals surface area contributed by atoms with Gasteiger partial charge >= 0.3 is 0 Å². The molecule has 0 saturated carbocycles. The highest BCUT2D eigenvalue weighted by atomic mass is 32.2. The van der Waals surface area contributed by atoms with Gasteiger partial charge in [0.1, 0.15) is 5.75 Å². The molecule has 1 aromatic heterocycles. The second kappa shape index (κ2) is 7.43. The minimum Gasteiger partial charge on any atom is -0.476 e. The number of amides is 1. The average molecular weight is 404 g/mol. The Morgan fingerprint density at radius 3 is 2.68 bits per heavy atom. The van der Waals surface area contributed by atoms with Crippen molar-refractivity contribution < 1.29 is 17.9 Å². The van der Waals surface area contributed by atoms with Gasteiger partial charge in [0.2, 0.25) is 10.0 Å². The molecule has 1 aliphatic heterocycles. The Kier molecular flexibility index (Phi) is 5.34. The smallest absolute Gasteiger partial charge is 0.263 e. The quantitative estimate of drug-likeness (QED) is 0.846. The number of nitrogens with one attached hydrogen (secondary N) is 1. The summed E-state index contributed by atoms with van der Waals surface area (Å²) in [6, 6.07) is 9.08. The zero-order valence-electron chi connectivity index (χ0n) is 16.5. The number of ether oxygens (including phenoxy) is 1. The van der Waals surface area contributed by atoms with Crippen LogP contribution in [0.25, 0.3) is 0 Å². The molecule has 2 aromatic rings. The van der Waals surface area contributed by atoms with E-state index in [1.54, 1.807) is 24.5 Å². The second-order valence-corrected chi connectivity index (χ2v) is 9.82. The maximum atomic E-state index is 12.6. The number of carbonyl (C=O) groups is 1. The van der Waals surface area contributed by atoms with Crippen LogP contribution in [0, 0.1) is 0 Å². The van der Waals surface area contributed by atoms with Crippen LogP contribution in [0.5, 0.6) is 5.75 Å². The van der Waals surface area contributed by atoms with Crippen LogP contribution in [0.4, 0.5) is 5.69 Å². The summed E-state index contributed by atoms with van der Waals surface area (Å²) >= 11 is 0. The predicted molar refractivity (Wildman–Crippen MR) is 108 cm³/mol. The number of fused-ring (bicyclic) bond motifs is 1. The Bertz CT molecular complexity index is 969. The molecule has 150 valence electrons. The number of hydrogen-bond donors (Lipinski definition) is 1. The number of pyridine rings is 1. The van der Waals surface area contributed by atoms with Crippen molar-refractivity contribution in [3.05, 3.63) is 53.9 Å². The second-order valence-electron chi connectivity index (χ2n) is 7.91. The molecule has 1 aliphatic rings. The fraction of sp³-hybridized carbons (Fsp3) is 0.400. The van der Waals surface area contributed by atoms with Gasteiger partial charge in [0, 0.05) is 18.9 Å². The maximum Gasteiger partial charge on any atom is 0.263 e. The van der Waals surface area contributed by atoms with E-state index in [9.17, 15) is 13.2 Å². The topological polar surface area (TPSA) is 88.6 Å². The molecule has 7 nitrogen and oxygen atoms in total. The van der Waals surface area contributed by atoms with E-state index in [4.69, 9.17) is 4.74 Å². The Hall–Kier alpha value is -2.61. The number of sulfonamides is 1. The SMILES string of the molecule is CC(C)(C)c1ccc2c(c1)N(S(C)(=O)=O)CC(C(=O)NCc1cccnc1)O2. The molecule has 1 N–H and O–H groups in total. The molecule has 0 spiro atoms. The number of rotatable bonds is 4. The first kappa shape index (κ1) is 20.1. The highest BCUT2D eigenvalue weighted by Gasteiger charge is 2.35. The number of aromatic nitrogens is 1. The van der Waals surface area contributed by atoms with Crippen molar-refractivity contribution in [1.29, 1.82) is 0 Å². The Labute approximate surface area is 165 Å².